The van der Waals surface area contributed by atoms with E-state index >= 15 is 0 Å². The third kappa shape index (κ3) is 4.43. The molecule has 32 heavy (non-hydrogen) atoms. The molecule has 0 atom stereocenters. The molecule has 1 fully saturated rings. The number of carbonyl (C=O) groups excluding carboxylic acids is 2. The smallest absolute Gasteiger partial charge is 0.340 e. The van der Waals surface area contributed by atoms with Crippen LogP contribution in [0.2, 0.25) is 0 Å². The van der Waals surface area contributed by atoms with Crippen molar-refractivity contribution in [2.45, 2.75) is 13.5 Å². The number of methoxy groups -OCH3 is 1. The zero-order valence-electron chi connectivity index (χ0n) is 18.5. The molecule has 1 saturated heterocycles. The average Bonchev–Trinajstić information content (AvgIpc) is 2.84. The van der Waals surface area contributed by atoms with Crippen LogP contribution in [0.3, 0.4) is 0 Å². The molecule has 2 amide bonds. The standard InChI is InChI=1S/C25H28N4O3/c1-3-26-25(31)29-15-13-28(14-16-29)17-21-23(24(30)32-2)22(18-9-5-4-6-10-18)19-11-7-8-12-20(19)27-21/h4-12H,3,13-17H2,1-2H3,(H,26,31). The fourth-order valence-electron chi connectivity index (χ4n) is 4.19. The maximum Gasteiger partial charge on any atom is 0.340 e. The van der Waals surface area contributed by atoms with E-state index in [0.29, 0.717) is 50.5 Å². The summed E-state index contributed by atoms with van der Waals surface area (Å²) in [6.45, 7) is 5.75. The molecule has 1 N–H and O–H groups in total. The Balaban J connectivity index is 1.72. The molecule has 3 aromatic rings. The van der Waals surface area contributed by atoms with Crippen molar-refractivity contribution in [1.82, 2.24) is 20.1 Å². The summed E-state index contributed by atoms with van der Waals surface area (Å²) in [5, 5.41) is 3.77. The van der Waals surface area contributed by atoms with Crippen LogP contribution in [-0.2, 0) is 11.3 Å². The third-order valence-corrected chi connectivity index (χ3v) is 5.78. The lowest BCUT2D eigenvalue weighted by atomic mass is 9.94. The highest BCUT2D eigenvalue weighted by Gasteiger charge is 2.26. The predicted octanol–water partition coefficient (Wildman–Crippen LogP) is 3.54. The van der Waals surface area contributed by atoms with E-state index in [9.17, 15) is 9.59 Å². The summed E-state index contributed by atoms with van der Waals surface area (Å²) in [6.07, 6.45) is 0. The summed E-state index contributed by atoms with van der Waals surface area (Å²) >= 11 is 0. The van der Waals surface area contributed by atoms with E-state index in [4.69, 9.17) is 9.72 Å². The molecule has 1 aliphatic heterocycles. The summed E-state index contributed by atoms with van der Waals surface area (Å²) in [6, 6.07) is 17.7. The summed E-state index contributed by atoms with van der Waals surface area (Å²) in [5.41, 5.74) is 3.84. The lowest BCUT2D eigenvalue weighted by Gasteiger charge is -2.34. The predicted molar refractivity (Wildman–Crippen MR) is 124 cm³/mol. The van der Waals surface area contributed by atoms with Gasteiger partial charge in [-0.25, -0.2) is 9.59 Å². The van der Waals surface area contributed by atoms with Gasteiger partial charge in [0.05, 0.1) is 23.9 Å². The summed E-state index contributed by atoms with van der Waals surface area (Å²) in [4.78, 5) is 34.0. The lowest BCUT2D eigenvalue weighted by Crippen LogP contribution is -2.51. The second-order valence-corrected chi connectivity index (χ2v) is 7.78. The van der Waals surface area contributed by atoms with Gasteiger partial charge in [0.15, 0.2) is 0 Å². The van der Waals surface area contributed by atoms with Crippen LogP contribution in [0.1, 0.15) is 23.0 Å². The van der Waals surface area contributed by atoms with Gasteiger partial charge >= 0.3 is 12.0 Å². The van der Waals surface area contributed by atoms with Crippen molar-refractivity contribution in [3.8, 4) is 11.1 Å². The van der Waals surface area contributed by atoms with Gasteiger partial charge in [0.2, 0.25) is 0 Å². The van der Waals surface area contributed by atoms with Crippen molar-refractivity contribution in [2.75, 3.05) is 39.8 Å². The first-order valence-corrected chi connectivity index (χ1v) is 10.9. The number of hydrogen-bond acceptors (Lipinski definition) is 5. The molecule has 1 aliphatic rings. The number of esters is 1. The normalized spacial score (nSPS) is 14.4. The van der Waals surface area contributed by atoms with Crippen molar-refractivity contribution in [3.63, 3.8) is 0 Å². The van der Waals surface area contributed by atoms with E-state index in [0.717, 1.165) is 22.0 Å². The largest absolute Gasteiger partial charge is 0.465 e. The topological polar surface area (TPSA) is 74.8 Å². The van der Waals surface area contributed by atoms with Crippen LogP contribution in [-0.4, -0.2) is 66.6 Å². The Bertz CT molecular complexity index is 1110. The van der Waals surface area contributed by atoms with Crippen LogP contribution < -0.4 is 5.32 Å². The zero-order chi connectivity index (χ0) is 22.5. The van der Waals surface area contributed by atoms with E-state index in [-0.39, 0.29) is 6.03 Å². The van der Waals surface area contributed by atoms with Gasteiger partial charge in [-0.1, -0.05) is 48.5 Å². The minimum Gasteiger partial charge on any atom is -0.465 e. The van der Waals surface area contributed by atoms with Gasteiger partial charge in [0, 0.05) is 50.2 Å². The van der Waals surface area contributed by atoms with Crippen LogP contribution >= 0.6 is 0 Å². The molecule has 0 radical (unpaired) electrons. The summed E-state index contributed by atoms with van der Waals surface area (Å²) < 4.78 is 5.19. The van der Waals surface area contributed by atoms with E-state index in [1.807, 2.05) is 66.4 Å². The molecular formula is C25H28N4O3. The number of benzene rings is 2. The number of amides is 2. The second kappa shape index (κ2) is 9.78. The molecular weight excluding hydrogens is 404 g/mol. The van der Waals surface area contributed by atoms with Crippen molar-refractivity contribution >= 4 is 22.9 Å². The summed E-state index contributed by atoms with van der Waals surface area (Å²) in [7, 11) is 1.40. The van der Waals surface area contributed by atoms with Crippen LogP contribution in [0.5, 0.6) is 0 Å². The fourth-order valence-corrected chi connectivity index (χ4v) is 4.19. The Morgan fingerprint density at radius 3 is 2.38 bits per heavy atom. The maximum absolute atomic E-state index is 13.0. The number of nitrogens with one attached hydrogen (secondary N) is 1. The molecule has 2 heterocycles. The van der Waals surface area contributed by atoms with E-state index in [1.165, 1.54) is 7.11 Å². The number of hydrogen-bond donors (Lipinski definition) is 1. The Kier molecular flexibility index (Phi) is 6.66. The van der Waals surface area contributed by atoms with Crippen molar-refractivity contribution in [2.24, 2.45) is 0 Å². The number of fused-ring (bicyclic) bond motifs is 1. The van der Waals surface area contributed by atoms with E-state index in [1.54, 1.807) is 0 Å². The molecule has 2 aromatic carbocycles. The molecule has 7 heteroatoms. The van der Waals surface area contributed by atoms with Crippen LogP contribution in [0.4, 0.5) is 4.79 Å². The molecule has 7 nitrogen and oxygen atoms in total. The van der Waals surface area contributed by atoms with Gasteiger partial charge in [-0.15, -0.1) is 0 Å². The molecule has 166 valence electrons. The van der Waals surface area contributed by atoms with Gasteiger partial charge < -0.3 is 15.0 Å². The van der Waals surface area contributed by atoms with E-state index in [2.05, 4.69) is 10.2 Å². The van der Waals surface area contributed by atoms with Gasteiger partial charge in [-0.05, 0) is 18.6 Å². The first-order chi connectivity index (χ1) is 15.6. The lowest BCUT2D eigenvalue weighted by molar-refractivity contribution is 0.0598. The number of aromatic nitrogens is 1. The molecule has 0 bridgehead atoms. The molecule has 0 saturated carbocycles. The SMILES string of the molecule is CCNC(=O)N1CCN(Cc2nc3ccccc3c(-c3ccccc3)c2C(=O)OC)CC1. The highest BCUT2D eigenvalue weighted by atomic mass is 16.5. The number of rotatable bonds is 5. The molecule has 0 spiro atoms. The van der Waals surface area contributed by atoms with Crippen molar-refractivity contribution < 1.29 is 14.3 Å². The van der Waals surface area contributed by atoms with Gasteiger partial charge in [0.1, 0.15) is 0 Å². The average molecular weight is 433 g/mol. The fraction of sp³-hybridized carbons (Fsp3) is 0.320. The van der Waals surface area contributed by atoms with Crippen LogP contribution in [0, 0.1) is 0 Å². The Hall–Kier alpha value is -3.45. The van der Waals surface area contributed by atoms with Gasteiger partial charge in [0.25, 0.3) is 0 Å². The third-order valence-electron chi connectivity index (χ3n) is 5.78. The van der Waals surface area contributed by atoms with Gasteiger partial charge in [-0.3, -0.25) is 9.88 Å². The Labute approximate surface area is 188 Å². The minimum absolute atomic E-state index is 0.0300. The Morgan fingerprint density at radius 1 is 1.00 bits per heavy atom. The van der Waals surface area contributed by atoms with Gasteiger partial charge in [-0.2, -0.15) is 0 Å². The van der Waals surface area contributed by atoms with E-state index < -0.39 is 5.97 Å². The van der Waals surface area contributed by atoms with Crippen LogP contribution in [0.15, 0.2) is 54.6 Å². The molecule has 4 rings (SSSR count). The second-order valence-electron chi connectivity index (χ2n) is 7.78. The van der Waals surface area contributed by atoms with Crippen molar-refractivity contribution in [1.29, 1.82) is 0 Å². The first-order valence-electron chi connectivity index (χ1n) is 10.9. The maximum atomic E-state index is 13.0. The zero-order valence-corrected chi connectivity index (χ0v) is 18.5. The highest BCUT2D eigenvalue weighted by molar-refractivity contribution is 6.07. The van der Waals surface area contributed by atoms with Crippen molar-refractivity contribution in [3.05, 3.63) is 65.9 Å². The number of carbonyl (C=O) groups is 2. The highest BCUT2D eigenvalue weighted by Crippen LogP contribution is 2.34. The molecule has 1 aromatic heterocycles. The number of nitrogens with zero attached hydrogens (tertiary/aromatic N) is 3. The van der Waals surface area contributed by atoms with Crippen LogP contribution in [0.25, 0.3) is 22.0 Å². The number of piperazine rings is 1. The minimum atomic E-state index is -0.391. The Morgan fingerprint density at radius 2 is 1.69 bits per heavy atom. The molecule has 0 unspecified atom stereocenters. The number of urea groups is 1. The number of pyridine rings is 1. The number of ether oxygens (including phenoxy) is 1. The summed E-state index contributed by atoms with van der Waals surface area (Å²) in [5.74, 6) is -0.391. The quantitative estimate of drug-likeness (QED) is 0.625. The number of para-hydroxylation sites is 1. The molecule has 0 aliphatic carbocycles. The monoisotopic (exact) mass is 432 g/mol. The first kappa shape index (κ1) is 21.8.